The van der Waals surface area contributed by atoms with Crippen molar-refractivity contribution in [3.05, 3.63) is 76.9 Å². The minimum atomic E-state index is 0.329. The Kier molecular flexibility index (Phi) is 4.30. The summed E-state index contributed by atoms with van der Waals surface area (Å²) in [7, 11) is 0. The van der Waals surface area contributed by atoms with Crippen LogP contribution in [-0.4, -0.2) is 5.78 Å². The quantitative estimate of drug-likeness (QED) is 0.736. The fourth-order valence-electron chi connectivity index (χ4n) is 2.89. The first-order chi connectivity index (χ1) is 10.3. The van der Waals surface area contributed by atoms with E-state index >= 15 is 0 Å². The molecule has 0 saturated heterocycles. The second kappa shape index (κ2) is 6.53. The average molecular weight is 276 g/mol. The largest absolute Gasteiger partial charge is 0.295 e. The predicted octanol–water partition coefficient (Wildman–Crippen LogP) is 4.80. The lowest BCUT2D eigenvalue weighted by molar-refractivity contribution is -0.116. The molecule has 0 aliphatic heterocycles. The topological polar surface area (TPSA) is 17.1 Å². The highest BCUT2D eigenvalue weighted by atomic mass is 16.1. The zero-order chi connectivity index (χ0) is 14.5. The molecule has 0 radical (unpaired) electrons. The number of hydrogen-bond donors (Lipinski definition) is 0. The molecular formula is C20H20O. The number of carbonyl (C=O) groups is 1. The van der Waals surface area contributed by atoms with Crippen LogP contribution in [-0.2, 0) is 11.2 Å². The van der Waals surface area contributed by atoms with Crippen LogP contribution in [0.2, 0.25) is 0 Å². The van der Waals surface area contributed by atoms with E-state index in [4.69, 9.17) is 0 Å². The summed E-state index contributed by atoms with van der Waals surface area (Å²) in [6, 6.07) is 18.9. The number of carbonyl (C=O) groups excluding carboxylic acids is 1. The minimum absolute atomic E-state index is 0.329. The highest BCUT2D eigenvalue weighted by Crippen LogP contribution is 2.24. The molecule has 3 rings (SSSR count). The van der Waals surface area contributed by atoms with Crippen LogP contribution >= 0.6 is 0 Å². The van der Waals surface area contributed by atoms with Crippen molar-refractivity contribution in [2.45, 2.75) is 32.1 Å². The Morgan fingerprint density at radius 2 is 1.57 bits per heavy atom. The van der Waals surface area contributed by atoms with Gasteiger partial charge in [0.05, 0.1) is 0 Å². The van der Waals surface area contributed by atoms with Crippen molar-refractivity contribution < 1.29 is 4.79 Å². The summed E-state index contributed by atoms with van der Waals surface area (Å²) in [4.78, 5) is 12.0. The third-order valence-corrected chi connectivity index (χ3v) is 4.08. The number of hydrogen-bond acceptors (Lipinski definition) is 1. The highest BCUT2D eigenvalue weighted by molar-refractivity contribution is 6.00. The molecule has 0 amide bonds. The summed E-state index contributed by atoms with van der Waals surface area (Å²) in [6.07, 6.45) is 6.85. The predicted molar refractivity (Wildman–Crippen MR) is 87.1 cm³/mol. The molecule has 1 fully saturated rings. The zero-order valence-electron chi connectivity index (χ0n) is 12.2. The summed E-state index contributed by atoms with van der Waals surface area (Å²) < 4.78 is 0. The van der Waals surface area contributed by atoms with Crippen molar-refractivity contribution >= 4 is 11.9 Å². The van der Waals surface area contributed by atoms with Gasteiger partial charge in [0.2, 0.25) is 0 Å². The van der Waals surface area contributed by atoms with Crippen molar-refractivity contribution in [1.82, 2.24) is 0 Å². The lowest BCUT2D eigenvalue weighted by atomic mass is 9.90. The van der Waals surface area contributed by atoms with Gasteiger partial charge in [-0.15, -0.1) is 0 Å². The van der Waals surface area contributed by atoms with Gasteiger partial charge in [-0.05, 0) is 54.0 Å². The maximum atomic E-state index is 12.0. The van der Waals surface area contributed by atoms with Gasteiger partial charge < -0.3 is 0 Å². The van der Waals surface area contributed by atoms with Gasteiger partial charge in [-0.2, -0.15) is 0 Å². The summed E-state index contributed by atoms with van der Waals surface area (Å²) in [6.45, 7) is 0. The summed E-state index contributed by atoms with van der Waals surface area (Å²) in [5.41, 5.74) is 4.78. The van der Waals surface area contributed by atoms with Crippen LogP contribution in [0, 0.1) is 0 Å². The summed E-state index contributed by atoms with van der Waals surface area (Å²) in [5, 5.41) is 0. The van der Waals surface area contributed by atoms with E-state index in [-0.39, 0.29) is 0 Å². The van der Waals surface area contributed by atoms with E-state index in [1.165, 1.54) is 16.7 Å². The van der Waals surface area contributed by atoms with Crippen LogP contribution in [0.3, 0.4) is 0 Å². The Morgan fingerprint density at radius 3 is 2.38 bits per heavy atom. The van der Waals surface area contributed by atoms with E-state index in [0.717, 1.165) is 31.3 Å². The summed E-state index contributed by atoms with van der Waals surface area (Å²) >= 11 is 0. The summed E-state index contributed by atoms with van der Waals surface area (Å²) in [5.74, 6) is 0.329. The van der Waals surface area contributed by atoms with Crippen LogP contribution < -0.4 is 0 Å². The van der Waals surface area contributed by atoms with Gasteiger partial charge in [0, 0.05) is 6.42 Å². The zero-order valence-corrected chi connectivity index (χ0v) is 12.2. The number of benzene rings is 2. The first kappa shape index (κ1) is 13.8. The van der Waals surface area contributed by atoms with Gasteiger partial charge in [0.1, 0.15) is 0 Å². The minimum Gasteiger partial charge on any atom is -0.295 e. The van der Waals surface area contributed by atoms with Crippen molar-refractivity contribution in [3.8, 4) is 0 Å². The Balaban J connectivity index is 1.89. The van der Waals surface area contributed by atoms with Crippen molar-refractivity contribution in [2.75, 3.05) is 0 Å². The first-order valence-electron chi connectivity index (χ1n) is 7.68. The Hall–Kier alpha value is -2.15. The number of rotatable bonds is 3. The van der Waals surface area contributed by atoms with E-state index in [9.17, 15) is 4.79 Å². The lowest BCUT2D eigenvalue weighted by Crippen LogP contribution is -2.08. The van der Waals surface area contributed by atoms with Gasteiger partial charge in [-0.25, -0.2) is 0 Å². The van der Waals surface area contributed by atoms with E-state index in [2.05, 4.69) is 48.5 Å². The van der Waals surface area contributed by atoms with Crippen molar-refractivity contribution in [1.29, 1.82) is 0 Å². The molecule has 1 aliphatic rings. The van der Waals surface area contributed by atoms with E-state index in [1.54, 1.807) is 0 Å². The van der Waals surface area contributed by atoms with Crippen molar-refractivity contribution in [2.24, 2.45) is 0 Å². The third kappa shape index (κ3) is 3.49. The molecule has 0 N–H and O–H groups in total. The monoisotopic (exact) mass is 276 g/mol. The van der Waals surface area contributed by atoms with E-state index in [0.29, 0.717) is 12.2 Å². The Labute approximate surface area is 126 Å². The fraction of sp³-hybridized carbons (Fsp3) is 0.250. The van der Waals surface area contributed by atoms with Gasteiger partial charge in [0.25, 0.3) is 0 Å². The molecule has 0 unspecified atom stereocenters. The molecule has 0 spiro atoms. The molecule has 1 heteroatoms. The highest BCUT2D eigenvalue weighted by Gasteiger charge is 2.15. The molecule has 1 saturated carbocycles. The molecule has 0 heterocycles. The second-order valence-corrected chi connectivity index (χ2v) is 5.66. The molecule has 21 heavy (non-hydrogen) atoms. The SMILES string of the molecule is O=C1CCCC/C1=C\c1ccccc1Cc1ccccc1. The second-order valence-electron chi connectivity index (χ2n) is 5.66. The molecule has 0 aromatic heterocycles. The van der Waals surface area contributed by atoms with Gasteiger partial charge in [-0.3, -0.25) is 4.79 Å². The molecule has 106 valence electrons. The van der Waals surface area contributed by atoms with E-state index in [1.807, 2.05) is 12.1 Å². The molecule has 2 aromatic rings. The van der Waals surface area contributed by atoms with E-state index < -0.39 is 0 Å². The van der Waals surface area contributed by atoms with Gasteiger partial charge in [0.15, 0.2) is 5.78 Å². The molecule has 2 aromatic carbocycles. The fourth-order valence-corrected chi connectivity index (χ4v) is 2.89. The number of ketones is 1. The molecule has 0 atom stereocenters. The van der Waals surface area contributed by atoms with Gasteiger partial charge >= 0.3 is 0 Å². The van der Waals surface area contributed by atoms with Crippen LogP contribution in [0.25, 0.3) is 6.08 Å². The molecule has 1 nitrogen and oxygen atoms in total. The van der Waals surface area contributed by atoms with Crippen LogP contribution in [0.15, 0.2) is 60.2 Å². The number of allylic oxidation sites excluding steroid dienone is 1. The van der Waals surface area contributed by atoms with Crippen molar-refractivity contribution in [3.63, 3.8) is 0 Å². The maximum absolute atomic E-state index is 12.0. The Morgan fingerprint density at radius 1 is 0.857 bits per heavy atom. The van der Waals surface area contributed by atoms with Crippen LogP contribution in [0.1, 0.15) is 42.4 Å². The van der Waals surface area contributed by atoms with Gasteiger partial charge in [-0.1, -0.05) is 54.6 Å². The molecule has 1 aliphatic carbocycles. The Bertz CT molecular complexity index is 653. The molecular weight excluding hydrogens is 256 g/mol. The normalized spacial score (nSPS) is 17.1. The van der Waals surface area contributed by atoms with Crippen LogP contribution in [0.4, 0.5) is 0 Å². The average Bonchev–Trinajstić information content (AvgIpc) is 2.52. The lowest BCUT2D eigenvalue weighted by Gasteiger charge is -2.14. The molecule has 0 bridgehead atoms. The number of Topliss-reactive ketones (excluding diaryl/α,β-unsaturated/α-hetero) is 1. The standard InChI is InChI=1S/C20H20O/c21-20-13-7-6-12-19(20)15-18-11-5-4-10-17(18)14-16-8-2-1-3-9-16/h1-5,8-11,15H,6-7,12-14H2/b19-15+. The first-order valence-corrected chi connectivity index (χ1v) is 7.68. The third-order valence-electron chi connectivity index (χ3n) is 4.08. The van der Waals surface area contributed by atoms with Crippen LogP contribution in [0.5, 0.6) is 0 Å². The smallest absolute Gasteiger partial charge is 0.158 e. The maximum Gasteiger partial charge on any atom is 0.158 e.